The van der Waals surface area contributed by atoms with Crippen LogP contribution in [0, 0.1) is 3.57 Å². The molecule has 0 unspecified atom stereocenters. The topological polar surface area (TPSA) is 64.4 Å². The van der Waals surface area contributed by atoms with Gasteiger partial charge in [-0.25, -0.2) is 0 Å². The lowest BCUT2D eigenvalue weighted by molar-refractivity contribution is 0.102. The standard InChI is InChI=1S/C19H13IN2O3/c1-24-15-6-7-16-17(13-9-11(20)4-5-14(13)25-16)18(15)19(23)22-12-3-2-8-21-10-12/h2-10H,1H3,(H,22,23). The average Bonchev–Trinajstić information content (AvgIpc) is 2.99. The van der Waals surface area contributed by atoms with E-state index in [-0.39, 0.29) is 5.91 Å². The molecule has 0 aliphatic rings. The summed E-state index contributed by atoms with van der Waals surface area (Å²) in [6, 6.07) is 13.0. The zero-order valence-corrected chi connectivity index (χ0v) is 15.4. The van der Waals surface area contributed by atoms with Crippen LogP contribution >= 0.6 is 22.6 Å². The number of halogens is 1. The van der Waals surface area contributed by atoms with Crippen LogP contribution in [0.15, 0.2) is 59.3 Å². The summed E-state index contributed by atoms with van der Waals surface area (Å²) < 4.78 is 12.4. The molecule has 0 saturated heterocycles. The van der Waals surface area contributed by atoms with Crippen molar-refractivity contribution in [3.8, 4) is 5.75 Å². The fourth-order valence-corrected chi connectivity index (χ4v) is 3.34. The summed E-state index contributed by atoms with van der Waals surface area (Å²) in [6.45, 7) is 0. The molecule has 1 amide bonds. The second-order valence-corrected chi connectivity index (χ2v) is 6.70. The number of furan rings is 1. The fraction of sp³-hybridized carbons (Fsp3) is 0.0526. The molecule has 0 saturated carbocycles. The molecule has 0 aliphatic carbocycles. The number of fused-ring (bicyclic) bond motifs is 3. The summed E-state index contributed by atoms with van der Waals surface area (Å²) in [4.78, 5) is 17.0. The Balaban J connectivity index is 1.95. The predicted molar refractivity (Wildman–Crippen MR) is 105 cm³/mol. The molecule has 1 N–H and O–H groups in total. The van der Waals surface area contributed by atoms with Crippen molar-refractivity contribution in [2.24, 2.45) is 0 Å². The van der Waals surface area contributed by atoms with Crippen LogP contribution in [0.5, 0.6) is 5.75 Å². The summed E-state index contributed by atoms with van der Waals surface area (Å²) in [5.41, 5.74) is 2.45. The zero-order chi connectivity index (χ0) is 17.4. The van der Waals surface area contributed by atoms with Gasteiger partial charge in [-0.3, -0.25) is 9.78 Å². The Morgan fingerprint density at radius 3 is 2.80 bits per heavy atom. The Bertz CT molecular complexity index is 1090. The van der Waals surface area contributed by atoms with E-state index >= 15 is 0 Å². The molecule has 6 heteroatoms. The number of anilines is 1. The second-order valence-electron chi connectivity index (χ2n) is 5.45. The van der Waals surface area contributed by atoms with Crippen molar-refractivity contribution in [3.05, 3.63) is 64.0 Å². The monoisotopic (exact) mass is 444 g/mol. The summed E-state index contributed by atoms with van der Waals surface area (Å²) >= 11 is 2.24. The van der Waals surface area contributed by atoms with Gasteiger partial charge < -0.3 is 14.5 Å². The van der Waals surface area contributed by atoms with Crippen LogP contribution in [0.1, 0.15) is 10.4 Å². The molecule has 2 aromatic carbocycles. The lowest BCUT2D eigenvalue weighted by Crippen LogP contribution is -2.13. The molecule has 2 heterocycles. The molecule has 2 aromatic heterocycles. The van der Waals surface area contributed by atoms with Crippen LogP contribution in [0.2, 0.25) is 0 Å². The first-order valence-electron chi connectivity index (χ1n) is 7.57. The van der Waals surface area contributed by atoms with E-state index in [1.807, 2.05) is 24.3 Å². The van der Waals surface area contributed by atoms with Crippen LogP contribution in [0.3, 0.4) is 0 Å². The van der Waals surface area contributed by atoms with E-state index in [0.29, 0.717) is 22.6 Å². The Hall–Kier alpha value is -2.61. The normalized spacial score (nSPS) is 11.0. The van der Waals surface area contributed by atoms with Gasteiger partial charge in [-0.2, -0.15) is 0 Å². The zero-order valence-electron chi connectivity index (χ0n) is 13.2. The van der Waals surface area contributed by atoms with E-state index in [4.69, 9.17) is 9.15 Å². The largest absolute Gasteiger partial charge is 0.496 e. The number of rotatable bonds is 3. The van der Waals surface area contributed by atoms with Gasteiger partial charge in [-0.15, -0.1) is 0 Å². The number of carbonyl (C=O) groups is 1. The molecule has 0 radical (unpaired) electrons. The van der Waals surface area contributed by atoms with Crippen molar-refractivity contribution < 1.29 is 13.9 Å². The minimum Gasteiger partial charge on any atom is -0.496 e. The maximum absolute atomic E-state index is 13.0. The highest BCUT2D eigenvalue weighted by atomic mass is 127. The predicted octanol–water partition coefficient (Wildman–Crippen LogP) is 4.85. The van der Waals surface area contributed by atoms with Gasteiger partial charge in [0.2, 0.25) is 0 Å². The minimum absolute atomic E-state index is 0.267. The Kier molecular flexibility index (Phi) is 4.04. The molecule has 0 fully saturated rings. The van der Waals surface area contributed by atoms with Crippen molar-refractivity contribution in [2.45, 2.75) is 0 Å². The number of ether oxygens (including phenoxy) is 1. The van der Waals surface area contributed by atoms with Crippen molar-refractivity contribution in [1.29, 1.82) is 0 Å². The molecule has 4 rings (SSSR count). The van der Waals surface area contributed by atoms with Crippen molar-refractivity contribution in [1.82, 2.24) is 4.98 Å². The number of hydrogen-bond donors (Lipinski definition) is 1. The van der Waals surface area contributed by atoms with Crippen molar-refractivity contribution in [3.63, 3.8) is 0 Å². The highest BCUT2D eigenvalue weighted by Crippen LogP contribution is 2.37. The van der Waals surface area contributed by atoms with Gasteiger partial charge in [0.1, 0.15) is 16.9 Å². The molecule has 25 heavy (non-hydrogen) atoms. The Morgan fingerprint density at radius 2 is 2.04 bits per heavy atom. The van der Waals surface area contributed by atoms with Crippen LogP contribution in [-0.4, -0.2) is 18.0 Å². The third kappa shape index (κ3) is 2.82. The number of carbonyl (C=O) groups excluding carboxylic acids is 1. The number of nitrogens with zero attached hydrogens (tertiary/aromatic N) is 1. The number of methoxy groups -OCH3 is 1. The number of aromatic nitrogens is 1. The quantitative estimate of drug-likeness (QED) is 0.459. The van der Waals surface area contributed by atoms with Gasteiger partial charge in [0, 0.05) is 20.5 Å². The van der Waals surface area contributed by atoms with Crippen molar-refractivity contribution >= 4 is 56.1 Å². The maximum atomic E-state index is 13.0. The molecule has 0 atom stereocenters. The van der Waals surface area contributed by atoms with Crippen LogP contribution in [-0.2, 0) is 0 Å². The number of pyridine rings is 1. The number of amides is 1. The van der Waals surface area contributed by atoms with Crippen LogP contribution in [0.25, 0.3) is 21.9 Å². The highest BCUT2D eigenvalue weighted by molar-refractivity contribution is 14.1. The van der Waals surface area contributed by atoms with Gasteiger partial charge >= 0.3 is 0 Å². The molecule has 124 valence electrons. The van der Waals surface area contributed by atoms with Gasteiger partial charge in [0.15, 0.2) is 0 Å². The summed E-state index contributed by atoms with van der Waals surface area (Å²) in [5, 5.41) is 4.50. The maximum Gasteiger partial charge on any atom is 0.260 e. The SMILES string of the molecule is COc1ccc2oc3ccc(I)cc3c2c1C(=O)Nc1cccnc1. The van der Waals surface area contributed by atoms with Gasteiger partial charge in [0.05, 0.1) is 24.6 Å². The van der Waals surface area contributed by atoms with E-state index in [1.165, 1.54) is 0 Å². The summed E-state index contributed by atoms with van der Waals surface area (Å²) in [6.07, 6.45) is 3.25. The first-order valence-corrected chi connectivity index (χ1v) is 8.65. The molecule has 5 nitrogen and oxygen atoms in total. The molecular formula is C19H13IN2O3. The number of benzene rings is 2. The van der Waals surface area contributed by atoms with Gasteiger partial charge in [0.25, 0.3) is 5.91 Å². The first-order chi connectivity index (χ1) is 12.2. The lowest BCUT2D eigenvalue weighted by Gasteiger charge is -2.10. The van der Waals surface area contributed by atoms with E-state index in [2.05, 4.69) is 32.9 Å². The van der Waals surface area contributed by atoms with Gasteiger partial charge in [-0.05, 0) is 65.1 Å². The average molecular weight is 444 g/mol. The summed E-state index contributed by atoms with van der Waals surface area (Å²) in [7, 11) is 1.55. The first kappa shape index (κ1) is 15.9. The molecular weight excluding hydrogens is 431 g/mol. The van der Waals surface area contributed by atoms with Crippen molar-refractivity contribution in [2.75, 3.05) is 12.4 Å². The number of nitrogens with one attached hydrogen (secondary N) is 1. The van der Waals surface area contributed by atoms with E-state index in [1.54, 1.807) is 37.7 Å². The Labute approximate surface area is 157 Å². The third-order valence-corrected chi connectivity index (χ3v) is 4.60. The highest BCUT2D eigenvalue weighted by Gasteiger charge is 2.21. The van der Waals surface area contributed by atoms with Crippen LogP contribution in [0.4, 0.5) is 5.69 Å². The fourth-order valence-electron chi connectivity index (χ4n) is 2.85. The molecule has 0 bridgehead atoms. The molecule has 0 aliphatic heterocycles. The van der Waals surface area contributed by atoms with E-state index < -0.39 is 0 Å². The van der Waals surface area contributed by atoms with E-state index in [9.17, 15) is 4.79 Å². The second kappa shape index (κ2) is 6.36. The van der Waals surface area contributed by atoms with E-state index in [0.717, 1.165) is 19.9 Å². The smallest absolute Gasteiger partial charge is 0.260 e. The number of hydrogen-bond acceptors (Lipinski definition) is 4. The molecule has 0 spiro atoms. The lowest BCUT2D eigenvalue weighted by atomic mass is 10.0. The van der Waals surface area contributed by atoms with Crippen LogP contribution < -0.4 is 10.1 Å². The van der Waals surface area contributed by atoms with Gasteiger partial charge in [-0.1, -0.05) is 0 Å². The third-order valence-electron chi connectivity index (χ3n) is 3.93. The summed E-state index contributed by atoms with van der Waals surface area (Å²) in [5.74, 6) is 0.229. The molecule has 4 aromatic rings. The minimum atomic E-state index is -0.267. The Morgan fingerprint density at radius 1 is 1.20 bits per heavy atom.